The number of halogens is 1. The van der Waals surface area contributed by atoms with E-state index in [-0.39, 0.29) is 18.5 Å². The lowest BCUT2D eigenvalue weighted by molar-refractivity contribution is -0.122. The number of aromatic nitrogens is 4. The second kappa shape index (κ2) is 5.66. The van der Waals surface area contributed by atoms with Gasteiger partial charge in [0.15, 0.2) is 0 Å². The molecule has 1 unspecified atom stereocenters. The van der Waals surface area contributed by atoms with Gasteiger partial charge in [0, 0.05) is 25.0 Å². The van der Waals surface area contributed by atoms with Crippen LogP contribution in [0.3, 0.4) is 0 Å². The Kier molecular flexibility index (Phi) is 4.13. The van der Waals surface area contributed by atoms with Gasteiger partial charge < -0.3 is 5.32 Å². The summed E-state index contributed by atoms with van der Waals surface area (Å²) in [5.74, 6) is -0.111. The maximum atomic E-state index is 12.0. The maximum absolute atomic E-state index is 12.0. The van der Waals surface area contributed by atoms with E-state index in [1.165, 1.54) is 4.68 Å². The molecule has 0 spiro atoms. The fourth-order valence-electron chi connectivity index (χ4n) is 2.13. The second-order valence-corrected chi connectivity index (χ2v) is 5.30. The third-order valence-corrected chi connectivity index (χ3v) is 3.46. The Morgan fingerprint density at radius 3 is 2.55 bits per heavy atom. The molecule has 0 saturated carbocycles. The van der Waals surface area contributed by atoms with Crippen LogP contribution in [0.25, 0.3) is 0 Å². The highest BCUT2D eigenvalue weighted by molar-refractivity contribution is 6.31. The summed E-state index contributed by atoms with van der Waals surface area (Å²) < 4.78 is 3.28. The summed E-state index contributed by atoms with van der Waals surface area (Å²) in [6, 6.07) is -0.0941. The summed E-state index contributed by atoms with van der Waals surface area (Å²) in [5, 5.41) is 11.9. The third kappa shape index (κ3) is 3.19. The van der Waals surface area contributed by atoms with Gasteiger partial charge in [0.1, 0.15) is 6.54 Å². The number of rotatable bonds is 4. The highest BCUT2D eigenvalue weighted by atomic mass is 35.5. The van der Waals surface area contributed by atoms with Crippen LogP contribution in [0.15, 0.2) is 12.4 Å². The molecule has 0 radical (unpaired) electrons. The fraction of sp³-hybridized carbons (Fsp3) is 0.462. The molecule has 2 aromatic heterocycles. The van der Waals surface area contributed by atoms with Crippen molar-refractivity contribution < 1.29 is 4.79 Å². The number of carbonyl (C=O) groups is 1. The highest BCUT2D eigenvalue weighted by Crippen LogP contribution is 2.16. The van der Waals surface area contributed by atoms with E-state index in [2.05, 4.69) is 15.5 Å². The van der Waals surface area contributed by atoms with Gasteiger partial charge in [0.05, 0.1) is 22.5 Å². The first-order chi connectivity index (χ1) is 9.36. The van der Waals surface area contributed by atoms with Gasteiger partial charge in [-0.2, -0.15) is 10.2 Å². The molecule has 20 heavy (non-hydrogen) atoms. The number of nitrogens with zero attached hydrogens (tertiary/aromatic N) is 4. The Morgan fingerprint density at radius 1 is 1.35 bits per heavy atom. The summed E-state index contributed by atoms with van der Waals surface area (Å²) in [5.41, 5.74) is 2.64. The zero-order valence-electron chi connectivity index (χ0n) is 12.0. The van der Waals surface area contributed by atoms with Crippen molar-refractivity contribution in [1.29, 1.82) is 0 Å². The van der Waals surface area contributed by atoms with Gasteiger partial charge in [-0.05, 0) is 20.8 Å². The molecule has 2 rings (SSSR count). The van der Waals surface area contributed by atoms with Crippen molar-refractivity contribution in [2.45, 2.75) is 33.4 Å². The van der Waals surface area contributed by atoms with Gasteiger partial charge in [-0.1, -0.05) is 11.6 Å². The predicted molar refractivity (Wildman–Crippen MR) is 76.5 cm³/mol. The molecular weight excluding hydrogens is 278 g/mol. The Balaban J connectivity index is 1.99. The molecule has 0 aliphatic carbocycles. The molecule has 0 saturated heterocycles. The van der Waals surface area contributed by atoms with E-state index in [0.29, 0.717) is 5.02 Å². The SMILES string of the molecule is Cc1nn(CC(=O)NC(C)c2cn(C)nc2C)cc1Cl. The van der Waals surface area contributed by atoms with Crippen LogP contribution >= 0.6 is 11.6 Å². The fourth-order valence-corrected chi connectivity index (χ4v) is 2.28. The summed E-state index contributed by atoms with van der Waals surface area (Å²) >= 11 is 5.91. The average Bonchev–Trinajstić information content (AvgIpc) is 2.82. The second-order valence-electron chi connectivity index (χ2n) is 4.89. The van der Waals surface area contributed by atoms with Crippen LogP contribution < -0.4 is 5.32 Å². The number of aryl methyl sites for hydroxylation is 3. The first kappa shape index (κ1) is 14.6. The van der Waals surface area contributed by atoms with Crippen molar-refractivity contribution in [2.75, 3.05) is 0 Å². The van der Waals surface area contributed by atoms with Gasteiger partial charge in [-0.25, -0.2) is 0 Å². The van der Waals surface area contributed by atoms with E-state index in [9.17, 15) is 4.79 Å². The molecule has 1 N–H and O–H groups in total. The van der Waals surface area contributed by atoms with Crippen LogP contribution in [0.1, 0.15) is 29.9 Å². The third-order valence-electron chi connectivity index (χ3n) is 3.09. The normalized spacial score (nSPS) is 12.4. The van der Waals surface area contributed by atoms with Crippen LogP contribution in [0, 0.1) is 13.8 Å². The average molecular weight is 296 g/mol. The van der Waals surface area contributed by atoms with Gasteiger partial charge in [0.25, 0.3) is 0 Å². The molecular formula is C13H18ClN5O. The molecule has 7 heteroatoms. The monoisotopic (exact) mass is 295 g/mol. The lowest BCUT2D eigenvalue weighted by atomic mass is 10.1. The molecule has 108 valence electrons. The molecule has 0 aliphatic heterocycles. The van der Waals surface area contributed by atoms with E-state index >= 15 is 0 Å². The first-order valence-electron chi connectivity index (χ1n) is 6.36. The van der Waals surface area contributed by atoms with E-state index in [1.54, 1.807) is 17.8 Å². The Morgan fingerprint density at radius 2 is 2.05 bits per heavy atom. The maximum Gasteiger partial charge on any atom is 0.242 e. The molecule has 0 bridgehead atoms. The van der Waals surface area contributed by atoms with Crippen LogP contribution in [-0.2, 0) is 18.4 Å². The number of hydrogen-bond acceptors (Lipinski definition) is 3. The molecule has 0 aliphatic rings. The molecule has 2 heterocycles. The summed E-state index contributed by atoms with van der Waals surface area (Å²) in [7, 11) is 1.86. The van der Waals surface area contributed by atoms with Crippen LogP contribution in [-0.4, -0.2) is 25.5 Å². The molecule has 0 aromatic carbocycles. The number of carbonyl (C=O) groups excluding carboxylic acids is 1. The zero-order chi connectivity index (χ0) is 14.9. The molecule has 2 aromatic rings. The number of nitrogens with one attached hydrogen (secondary N) is 1. The highest BCUT2D eigenvalue weighted by Gasteiger charge is 2.15. The predicted octanol–water partition coefficient (Wildman–Crippen LogP) is 1.76. The first-order valence-corrected chi connectivity index (χ1v) is 6.73. The van der Waals surface area contributed by atoms with E-state index in [4.69, 9.17) is 11.6 Å². The van der Waals surface area contributed by atoms with Crippen molar-refractivity contribution in [1.82, 2.24) is 24.9 Å². The van der Waals surface area contributed by atoms with Gasteiger partial charge >= 0.3 is 0 Å². The van der Waals surface area contributed by atoms with Crippen molar-refractivity contribution in [3.63, 3.8) is 0 Å². The molecule has 6 nitrogen and oxygen atoms in total. The Hall–Kier alpha value is -1.82. The topological polar surface area (TPSA) is 64.7 Å². The number of hydrogen-bond donors (Lipinski definition) is 1. The van der Waals surface area contributed by atoms with Crippen molar-refractivity contribution >= 4 is 17.5 Å². The summed E-state index contributed by atoms with van der Waals surface area (Å²) in [4.78, 5) is 12.0. The zero-order valence-corrected chi connectivity index (χ0v) is 12.8. The quantitative estimate of drug-likeness (QED) is 0.935. The van der Waals surface area contributed by atoms with E-state index < -0.39 is 0 Å². The minimum Gasteiger partial charge on any atom is -0.348 e. The minimum atomic E-state index is -0.111. The van der Waals surface area contributed by atoms with E-state index in [1.807, 2.05) is 27.1 Å². The molecule has 1 atom stereocenters. The number of amides is 1. The van der Waals surface area contributed by atoms with Gasteiger partial charge in [-0.3, -0.25) is 14.2 Å². The largest absolute Gasteiger partial charge is 0.348 e. The summed E-state index contributed by atoms with van der Waals surface area (Å²) in [6.45, 7) is 5.81. The van der Waals surface area contributed by atoms with Gasteiger partial charge in [0.2, 0.25) is 5.91 Å². The van der Waals surface area contributed by atoms with Gasteiger partial charge in [-0.15, -0.1) is 0 Å². The lowest BCUT2D eigenvalue weighted by Crippen LogP contribution is -2.30. The standard InChI is InChI=1S/C13H18ClN5O/c1-8(11-5-18(4)16-9(11)2)15-13(20)7-19-6-12(14)10(3)17-19/h5-6,8H,7H2,1-4H3,(H,15,20). The lowest BCUT2D eigenvalue weighted by Gasteiger charge is -2.13. The van der Waals surface area contributed by atoms with Crippen LogP contribution in [0.4, 0.5) is 0 Å². The van der Waals surface area contributed by atoms with Crippen molar-refractivity contribution in [3.8, 4) is 0 Å². The Bertz CT molecular complexity index is 611. The Labute approximate surface area is 122 Å². The smallest absolute Gasteiger partial charge is 0.242 e. The van der Waals surface area contributed by atoms with Crippen molar-refractivity contribution in [3.05, 3.63) is 34.4 Å². The summed E-state index contributed by atoms with van der Waals surface area (Å²) in [6.07, 6.45) is 3.56. The van der Waals surface area contributed by atoms with Crippen LogP contribution in [0.2, 0.25) is 5.02 Å². The minimum absolute atomic E-state index is 0.0941. The van der Waals surface area contributed by atoms with Crippen molar-refractivity contribution in [2.24, 2.45) is 7.05 Å². The van der Waals surface area contributed by atoms with E-state index in [0.717, 1.165) is 17.0 Å². The molecule has 0 fully saturated rings. The molecule has 1 amide bonds. The van der Waals surface area contributed by atoms with Crippen LogP contribution in [0.5, 0.6) is 0 Å².